The van der Waals surface area contributed by atoms with E-state index in [-0.39, 0.29) is 58.7 Å². The maximum atomic E-state index is 13.8. The molecule has 3 aromatic rings. The molecule has 13 heteroatoms. The third kappa shape index (κ3) is 6.14. The minimum Gasteiger partial charge on any atom is -0.507 e. The molecule has 6 rings (SSSR count). The highest BCUT2D eigenvalue weighted by Crippen LogP contribution is 2.52. The average molecular weight is 672 g/mol. The fourth-order valence-corrected chi connectivity index (χ4v) is 6.67. The molecule has 0 saturated carbocycles. The van der Waals surface area contributed by atoms with Crippen LogP contribution < -0.4 is 10.1 Å². The van der Waals surface area contributed by atoms with Gasteiger partial charge < -0.3 is 45.4 Å². The normalized spacial score (nSPS) is 26.2. The SMILES string of the molecule is COc1cccc2c1C(=O)c1c(O)c3c(c(O)c1C2=O)C[C@@](O)(C(C)=O)C[C@@H]3O[C@H]1C[C@H](NCc2ccccc2)[C@H](O)[C@H](C)O1.Cl.O. The number of rotatable bonds is 7. The Hall–Kier alpha value is -3.88. The number of aliphatic hydroxyl groups is 2. The molecular weight excluding hydrogens is 634 g/mol. The molecule has 1 heterocycles. The number of ether oxygens (including phenoxy) is 3. The highest BCUT2D eigenvalue weighted by Gasteiger charge is 2.49. The molecule has 0 unspecified atom stereocenters. The van der Waals surface area contributed by atoms with Crippen molar-refractivity contribution in [2.45, 2.75) is 75.9 Å². The predicted molar refractivity (Wildman–Crippen MR) is 170 cm³/mol. The molecule has 0 radical (unpaired) electrons. The van der Waals surface area contributed by atoms with Gasteiger partial charge in [-0.3, -0.25) is 14.4 Å². The molecule has 0 spiro atoms. The van der Waals surface area contributed by atoms with Crippen molar-refractivity contribution in [3.63, 3.8) is 0 Å². The Morgan fingerprint density at radius 3 is 2.36 bits per heavy atom. The van der Waals surface area contributed by atoms with E-state index in [0.29, 0.717) is 6.54 Å². The Kier molecular flexibility index (Phi) is 10.5. The zero-order chi connectivity index (χ0) is 32.2. The molecule has 1 fully saturated rings. The second-order valence-corrected chi connectivity index (χ2v) is 11.9. The van der Waals surface area contributed by atoms with Crippen molar-refractivity contribution in [2.24, 2.45) is 0 Å². The summed E-state index contributed by atoms with van der Waals surface area (Å²) in [6.07, 6.45) is -4.31. The fourth-order valence-electron chi connectivity index (χ4n) is 6.67. The van der Waals surface area contributed by atoms with Crippen LogP contribution in [-0.4, -0.2) is 80.5 Å². The van der Waals surface area contributed by atoms with E-state index in [9.17, 15) is 34.8 Å². The number of halogens is 1. The molecule has 0 bridgehead atoms. The summed E-state index contributed by atoms with van der Waals surface area (Å²) in [6, 6.07) is 13.7. The lowest BCUT2D eigenvalue weighted by molar-refractivity contribution is -0.249. The Morgan fingerprint density at radius 2 is 1.70 bits per heavy atom. The van der Waals surface area contributed by atoms with Crippen molar-refractivity contribution in [3.05, 3.63) is 87.5 Å². The Morgan fingerprint density at radius 1 is 1.02 bits per heavy atom. The van der Waals surface area contributed by atoms with Gasteiger partial charge in [0.05, 0.1) is 42.1 Å². The van der Waals surface area contributed by atoms with Crippen LogP contribution in [-0.2, 0) is 27.2 Å². The van der Waals surface area contributed by atoms with Gasteiger partial charge in [-0.25, -0.2) is 0 Å². The number of ketones is 3. The van der Waals surface area contributed by atoms with Crippen LogP contribution >= 0.6 is 12.4 Å². The van der Waals surface area contributed by atoms with E-state index in [1.807, 2.05) is 30.3 Å². The van der Waals surface area contributed by atoms with Crippen LogP contribution in [0.2, 0.25) is 0 Å². The molecule has 0 aromatic heterocycles. The molecule has 252 valence electrons. The molecule has 6 atom stereocenters. The van der Waals surface area contributed by atoms with E-state index in [0.717, 1.165) is 5.56 Å². The minimum absolute atomic E-state index is 0. The summed E-state index contributed by atoms with van der Waals surface area (Å²) in [5.41, 5.74) is -1.98. The molecule has 1 saturated heterocycles. The largest absolute Gasteiger partial charge is 0.507 e. The van der Waals surface area contributed by atoms with Gasteiger partial charge in [0.15, 0.2) is 17.9 Å². The Labute approximate surface area is 277 Å². The zero-order valence-corrected chi connectivity index (χ0v) is 26.8. The highest BCUT2D eigenvalue weighted by molar-refractivity contribution is 6.31. The number of carbonyl (C=O) groups excluding carboxylic acids is 3. The van der Waals surface area contributed by atoms with E-state index in [1.165, 1.54) is 32.2 Å². The van der Waals surface area contributed by atoms with Crippen molar-refractivity contribution in [1.29, 1.82) is 0 Å². The van der Waals surface area contributed by atoms with Gasteiger partial charge in [0.1, 0.15) is 22.8 Å². The third-order valence-electron chi connectivity index (χ3n) is 9.16. The molecule has 2 aliphatic carbocycles. The van der Waals surface area contributed by atoms with Gasteiger partial charge in [-0.2, -0.15) is 0 Å². The lowest BCUT2D eigenvalue weighted by atomic mass is 9.72. The van der Waals surface area contributed by atoms with E-state index in [1.54, 1.807) is 6.92 Å². The lowest BCUT2D eigenvalue weighted by Crippen LogP contribution is -2.54. The second kappa shape index (κ2) is 13.7. The van der Waals surface area contributed by atoms with E-state index in [4.69, 9.17) is 14.2 Å². The molecule has 3 aliphatic rings. The predicted octanol–water partition coefficient (Wildman–Crippen LogP) is 2.46. The van der Waals surface area contributed by atoms with Crippen molar-refractivity contribution < 1.29 is 54.5 Å². The number of hydrogen-bond donors (Lipinski definition) is 5. The quantitative estimate of drug-likeness (QED) is 0.181. The van der Waals surface area contributed by atoms with Crippen molar-refractivity contribution in [2.75, 3.05) is 7.11 Å². The van der Waals surface area contributed by atoms with Gasteiger partial charge in [-0.1, -0.05) is 42.5 Å². The molecule has 12 nitrogen and oxygen atoms in total. The number of aromatic hydroxyl groups is 2. The maximum absolute atomic E-state index is 13.8. The molecular formula is C34H38ClNO11. The summed E-state index contributed by atoms with van der Waals surface area (Å²) >= 11 is 0. The number of benzene rings is 3. The molecule has 0 amide bonds. The van der Waals surface area contributed by atoms with Gasteiger partial charge in [-0.15, -0.1) is 12.4 Å². The minimum atomic E-state index is -2.01. The number of phenolic OH excluding ortho intramolecular Hbond substituents is 2. The van der Waals surface area contributed by atoms with Crippen LogP contribution in [0.3, 0.4) is 0 Å². The number of fused-ring (bicyclic) bond motifs is 3. The van der Waals surface area contributed by atoms with Crippen molar-refractivity contribution in [3.8, 4) is 17.2 Å². The van der Waals surface area contributed by atoms with Gasteiger partial charge >= 0.3 is 0 Å². The molecule has 3 aromatic carbocycles. The fraction of sp³-hybridized carbons (Fsp3) is 0.382. The van der Waals surface area contributed by atoms with Gasteiger partial charge in [0.25, 0.3) is 0 Å². The first-order valence-corrected chi connectivity index (χ1v) is 14.8. The van der Waals surface area contributed by atoms with E-state index >= 15 is 0 Å². The van der Waals surface area contributed by atoms with E-state index in [2.05, 4.69) is 5.32 Å². The van der Waals surface area contributed by atoms with Crippen LogP contribution in [0.1, 0.15) is 81.3 Å². The Balaban J connectivity index is 0.00000250. The third-order valence-corrected chi connectivity index (χ3v) is 9.16. The summed E-state index contributed by atoms with van der Waals surface area (Å²) in [5, 5.41) is 48.8. The highest BCUT2D eigenvalue weighted by atomic mass is 35.5. The van der Waals surface area contributed by atoms with Crippen molar-refractivity contribution >= 4 is 29.8 Å². The maximum Gasteiger partial charge on any atom is 0.202 e. The first-order chi connectivity index (χ1) is 21.4. The number of phenols is 2. The van der Waals surface area contributed by atoms with Gasteiger partial charge in [0, 0.05) is 48.5 Å². The first-order valence-electron chi connectivity index (χ1n) is 14.8. The molecule has 7 N–H and O–H groups in total. The number of aliphatic hydroxyl groups excluding tert-OH is 1. The lowest BCUT2D eigenvalue weighted by Gasteiger charge is -2.43. The van der Waals surface area contributed by atoms with Crippen LogP contribution in [0.5, 0.6) is 17.2 Å². The first kappa shape index (κ1) is 36.0. The summed E-state index contributed by atoms with van der Waals surface area (Å²) in [5.74, 6) is -3.13. The van der Waals surface area contributed by atoms with Crippen LogP contribution in [0, 0.1) is 0 Å². The van der Waals surface area contributed by atoms with Crippen LogP contribution in [0.25, 0.3) is 0 Å². The summed E-state index contributed by atoms with van der Waals surface area (Å²) < 4.78 is 17.6. The zero-order valence-electron chi connectivity index (χ0n) is 26.0. The number of hydrogen-bond acceptors (Lipinski definition) is 11. The van der Waals surface area contributed by atoms with Gasteiger partial charge in [0.2, 0.25) is 5.78 Å². The summed E-state index contributed by atoms with van der Waals surface area (Å²) in [4.78, 5) is 40.2. The van der Waals surface area contributed by atoms with Gasteiger partial charge in [-0.05, 0) is 25.5 Å². The monoisotopic (exact) mass is 671 g/mol. The number of Topliss-reactive ketones (excluding diaryl/α,β-unsaturated/α-hetero) is 1. The second-order valence-electron chi connectivity index (χ2n) is 11.9. The smallest absolute Gasteiger partial charge is 0.202 e. The topological polar surface area (TPSA) is 203 Å². The van der Waals surface area contributed by atoms with Crippen LogP contribution in [0.4, 0.5) is 0 Å². The van der Waals surface area contributed by atoms with E-state index < -0.39 is 82.6 Å². The standard InChI is InChI=1S/C34H35NO10.ClH.H2O/c1-16-29(37)21(35-15-18-8-5-4-6-9-18)12-24(44-16)45-23-14-34(42,17(2)36)13-20-26(23)33(41)28-27(31(20)39)30(38)19-10-7-11-22(43-3)25(19)32(28)40;;/h4-11,16,21,23-24,29,35,37,39,41-42H,12-15H2,1-3H3;1H;1H2/t16-,21-,23-,24-,29+,34-;;/m0../s1. The average Bonchev–Trinajstić information content (AvgIpc) is 3.02. The summed E-state index contributed by atoms with van der Waals surface area (Å²) in [6.45, 7) is 3.36. The molecule has 47 heavy (non-hydrogen) atoms. The molecule has 1 aliphatic heterocycles. The summed E-state index contributed by atoms with van der Waals surface area (Å²) in [7, 11) is 1.35. The number of carbonyl (C=O) groups is 3. The Bertz CT molecular complexity index is 1700. The number of nitrogens with one attached hydrogen (secondary N) is 1. The van der Waals surface area contributed by atoms with Crippen molar-refractivity contribution in [1.82, 2.24) is 5.32 Å². The van der Waals surface area contributed by atoms with Crippen LogP contribution in [0.15, 0.2) is 48.5 Å². The number of methoxy groups -OCH3 is 1.